The number of pyridine rings is 1. The van der Waals surface area contributed by atoms with Crippen molar-refractivity contribution in [3.05, 3.63) is 62.5 Å². The first kappa shape index (κ1) is 14.2. The van der Waals surface area contributed by atoms with Gasteiger partial charge in [0.1, 0.15) is 17.8 Å². The van der Waals surface area contributed by atoms with Crippen molar-refractivity contribution in [3.63, 3.8) is 0 Å². The molecule has 0 bridgehead atoms. The van der Waals surface area contributed by atoms with Crippen molar-refractivity contribution >= 4 is 23.1 Å². The summed E-state index contributed by atoms with van der Waals surface area (Å²) in [6, 6.07) is 5.99. The lowest BCUT2D eigenvalue weighted by molar-refractivity contribution is -0.385. The van der Waals surface area contributed by atoms with Gasteiger partial charge in [-0.2, -0.15) is 0 Å². The Labute approximate surface area is 119 Å². The smallest absolute Gasteiger partial charge is 0.290 e. The number of anilines is 1. The molecule has 0 aliphatic rings. The lowest BCUT2D eigenvalue weighted by Crippen LogP contribution is -2.03. The van der Waals surface area contributed by atoms with Gasteiger partial charge in [-0.3, -0.25) is 10.1 Å². The second-order valence-electron chi connectivity index (χ2n) is 4.22. The molecule has 2 aromatic rings. The van der Waals surface area contributed by atoms with Crippen molar-refractivity contribution in [2.24, 2.45) is 0 Å². The molecule has 1 aromatic heterocycles. The number of aryl methyl sites for hydroxylation is 1. The van der Waals surface area contributed by atoms with Gasteiger partial charge >= 0.3 is 0 Å². The molecule has 0 radical (unpaired) electrons. The third-order valence-electron chi connectivity index (χ3n) is 2.74. The number of hydrogen-bond acceptors (Lipinski definition) is 4. The van der Waals surface area contributed by atoms with Crippen LogP contribution >= 0.6 is 11.6 Å². The Kier molecular flexibility index (Phi) is 4.14. The Morgan fingerprint density at radius 3 is 2.80 bits per heavy atom. The van der Waals surface area contributed by atoms with Gasteiger partial charge in [0.25, 0.3) is 5.69 Å². The van der Waals surface area contributed by atoms with E-state index in [0.717, 1.165) is 5.56 Å². The molecular weight excluding hydrogens is 285 g/mol. The summed E-state index contributed by atoms with van der Waals surface area (Å²) >= 11 is 5.68. The quantitative estimate of drug-likeness (QED) is 0.690. The summed E-state index contributed by atoms with van der Waals surface area (Å²) in [7, 11) is 0. The maximum Gasteiger partial charge on any atom is 0.290 e. The first-order chi connectivity index (χ1) is 9.47. The van der Waals surface area contributed by atoms with E-state index in [4.69, 9.17) is 11.6 Å². The SMILES string of the molecule is Cc1cc(NCc2ccc(F)c(Cl)c2)ncc1[N+](=O)[O-]. The van der Waals surface area contributed by atoms with Crippen LogP contribution < -0.4 is 5.32 Å². The fourth-order valence-corrected chi connectivity index (χ4v) is 1.88. The molecule has 1 N–H and O–H groups in total. The number of aromatic nitrogens is 1. The van der Waals surface area contributed by atoms with Crippen LogP contribution in [0.15, 0.2) is 30.5 Å². The molecule has 104 valence electrons. The molecule has 0 amide bonds. The van der Waals surface area contributed by atoms with Crippen molar-refractivity contribution in [2.45, 2.75) is 13.5 Å². The summed E-state index contributed by atoms with van der Waals surface area (Å²) in [5, 5.41) is 13.7. The second kappa shape index (κ2) is 5.83. The van der Waals surface area contributed by atoms with Crippen LogP contribution in [-0.4, -0.2) is 9.91 Å². The second-order valence-corrected chi connectivity index (χ2v) is 4.62. The zero-order valence-electron chi connectivity index (χ0n) is 10.6. The third-order valence-corrected chi connectivity index (χ3v) is 3.03. The van der Waals surface area contributed by atoms with E-state index in [2.05, 4.69) is 10.3 Å². The van der Waals surface area contributed by atoms with E-state index in [0.29, 0.717) is 17.9 Å². The fourth-order valence-electron chi connectivity index (χ4n) is 1.68. The minimum absolute atomic E-state index is 0.0274. The Morgan fingerprint density at radius 1 is 1.45 bits per heavy atom. The van der Waals surface area contributed by atoms with Gasteiger partial charge in [-0.15, -0.1) is 0 Å². The van der Waals surface area contributed by atoms with Crippen molar-refractivity contribution < 1.29 is 9.31 Å². The van der Waals surface area contributed by atoms with Crippen molar-refractivity contribution in [3.8, 4) is 0 Å². The fraction of sp³-hybridized carbons (Fsp3) is 0.154. The zero-order chi connectivity index (χ0) is 14.7. The Bertz CT molecular complexity index is 664. The van der Waals surface area contributed by atoms with Gasteiger partial charge in [-0.25, -0.2) is 9.37 Å². The lowest BCUT2D eigenvalue weighted by atomic mass is 10.2. The average molecular weight is 296 g/mol. The van der Waals surface area contributed by atoms with Gasteiger partial charge in [0.05, 0.1) is 9.95 Å². The van der Waals surface area contributed by atoms with E-state index in [-0.39, 0.29) is 10.7 Å². The highest BCUT2D eigenvalue weighted by Gasteiger charge is 2.11. The first-order valence-corrected chi connectivity index (χ1v) is 6.14. The minimum Gasteiger partial charge on any atom is -0.366 e. The zero-order valence-corrected chi connectivity index (χ0v) is 11.3. The Morgan fingerprint density at radius 2 is 2.20 bits per heavy atom. The molecule has 5 nitrogen and oxygen atoms in total. The predicted octanol–water partition coefficient (Wildman–Crippen LogP) is 3.70. The maximum atomic E-state index is 13.0. The first-order valence-electron chi connectivity index (χ1n) is 5.76. The molecule has 0 spiro atoms. The molecule has 7 heteroatoms. The number of nitro groups is 1. The predicted molar refractivity (Wildman–Crippen MR) is 74.4 cm³/mol. The maximum absolute atomic E-state index is 13.0. The number of rotatable bonds is 4. The highest BCUT2D eigenvalue weighted by atomic mass is 35.5. The van der Waals surface area contributed by atoms with Crippen molar-refractivity contribution in [1.29, 1.82) is 0 Å². The topological polar surface area (TPSA) is 68.1 Å². The van der Waals surface area contributed by atoms with E-state index < -0.39 is 10.7 Å². The number of nitrogens with one attached hydrogen (secondary N) is 1. The van der Waals surface area contributed by atoms with E-state index >= 15 is 0 Å². The Balaban J connectivity index is 2.09. The highest BCUT2D eigenvalue weighted by Crippen LogP contribution is 2.20. The molecule has 1 heterocycles. The van der Waals surface area contributed by atoms with Crippen LogP contribution in [0.25, 0.3) is 0 Å². The van der Waals surface area contributed by atoms with Gasteiger partial charge < -0.3 is 5.32 Å². The largest absolute Gasteiger partial charge is 0.366 e. The summed E-state index contributed by atoms with van der Waals surface area (Å²) in [4.78, 5) is 14.2. The van der Waals surface area contributed by atoms with Crippen LogP contribution in [0.3, 0.4) is 0 Å². The monoisotopic (exact) mass is 295 g/mol. The Hall–Kier alpha value is -2.21. The number of halogens is 2. The van der Waals surface area contributed by atoms with Crippen LogP contribution in [-0.2, 0) is 6.54 Å². The standard InChI is InChI=1S/C13H11ClFN3O2/c1-8-4-13(17-7-12(8)18(19)20)16-6-9-2-3-11(15)10(14)5-9/h2-5,7H,6H2,1H3,(H,16,17). The molecule has 0 atom stereocenters. The lowest BCUT2D eigenvalue weighted by Gasteiger charge is -2.07. The number of nitrogens with zero attached hydrogens (tertiary/aromatic N) is 2. The average Bonchev–Trinajstić information content (AvgIpc) is 2.40. The van der Waals surface area contributed by atoms with E-state index in [9.17, 15) is 14.5 Å². The molecule has 0 saturated carbocycles. The third kappa shape index (κ3) is 3.21. The van der Waals surface area contributed by atoms with E-state index in [1.807, 2.05) is 0 Å². The molecule has 0 fully saturated rings. The normalized spacial score (nSPS) is 10.3. The summed E-state index contributed by atoms with van der Waals surface area (Å²) in [6.45, 7) is 2.03. The van der Waals surface area contributed by atoms with Gasteiger partial charge in [0.15, 0.2) is 0 Å². The highest BCUT2D eigenvalue weighted by molar-refractivity contribution is 6.30. The molecule has 0 aliphatic heterocycles. The van der Waals surface area contributed by atoms with Crippen molar-refractivity contribution in [2.75, 3.05) is 5.32 Å². The summed E-state index contributed by atoms with van der Waals surface area (Å²) in [5.41, 5.74) is 1.28. The van der Waals surface area contributed by atoms with Crippen molar-refractivity contribution in [1.82, 2.24) is 4.98 Å². The number of hydrogen-bond donors (Lipinski definition) is 1. The van der Waals surface area contributed by atoms with Gasteiger partial charge in [-0.1, -0.05) is 17.7 Å². The molecule has 0 unspecified atom stereocenters. The molecule has 0 aliphatic carbocycles. The number of benzene rings is 1. The molecule has 0 saturated heterocycles. The van der Waals surface area contributed by atoms with Crippen LogP contribution in [0.4, 0.5) is 15.9 Å². The summed E-state index contributed by atoms with van der Waals surface area (Å²) in [5.74, 6) is 0.0354. The summed E-state index contributed by atoms with van der Waals surface area (Å²) in [6.07, 6.45) is 1.20. The van der Waals surface area contributed by atoms with Gasteiger partial charge in [-0.05, 0) is 30.7 Å². The minimum atomic E-state index is -0.480. The van der Waals surface area contributed by atoms with Crippen LogP contribution in [0, 0.1) is 22.9 Å². The molecule has 20 heavy (non-hydrogen) atoms. The van der Waals surface area contributed by atoms with Crippen LogP contribution in [0.2, 0.25) is 5.02 Å². The molecular formula is C13H11ClFN3O2. The van der Waals surface area contributed by atoms with Crippen LogP contribution in [0.1, 0.15) is 11.1 Å². The van der Waals surface area contributed by atoms with Gasteiger partial charge in [0, 0.05) is 12.1 Å². The molecule has 2 rings (SSSR count). The summed E-state index contributed by atoms with van der Waals surface area (Å²) < 4.78 is 13.0. The van der Waals surface area contributed by atoms with Crippen LogP contribution in [0.5, 0.6) is 0 Å². The van der Waals surface area contributed by atoms with E-state index in [1.165, 1.54) is 18.3 Å². The van der Waals surface area contributed by atoms with Gasteiger partial charge in [0.2, 0.25) is 0 Å². The molecule has 1 aromatic carbocycles. The van der Waals surface area contributed by atoms with E-state index in [1.54, 1.807) is 19.1 Å².